The molecule has 0 N–H and O–H groups in total. The van der Waals surface area contributed by atoms with Gasteiger partial charge in [0, 0.05) is 5.56 Å². The molecule has 5 aromatic rings. The fourth-order valence-corrected chi connectivity index (χ4v) is 4.03. The molecule has 0 aromatic heterocycles. The van der Waals surface area contributed by atoms with Crippen LogP contribution in [0.3, 0.4) is 0 Å². The van der Waals surface area contributed by atoms with Crippen molar-refractivity contribution >= 4 is 29.3 Å². The molecule has 0 aliphatic rings. The number of ketones is 1. The van der Waals surface area contributed by atoms with Crippen molar-refractivity contribution in [3.8, 4) is 16.9 Å². The summed E-state index contributed by atoms with van der Waals surface area (Å²) in [4.78, 5) is 27.3. The zero-order valence-electron chi connectivity index (χ0n) is 20.6. The first kappa shape index (κ1) is 24.5. The Balaban J connectivity index is 1.25. The second-order valence-corrected chi connectivity index (χ2v) is 8.58. The van der Waals surface area contributed by atoms with Crippen molar-refractivity contribution in [2.45, 2.75) is 0 Å². The number of nitrogens with zero attached hydrogens (tertiary/aromatic N) is 1. The summed E-state index contributed by atoms with van der Waals surface area (Å²) in [6.07, 6.45) is 2.78. The highest BCUT2D eigenvalue weighted by Gasteiger charge is 2.20. The van der Waals surface area contributed by atoms with Crippen LogP contribution in [0.2, 0.25) is 0 Å². The van der Waals surface area contributed by atoms with E-state index in [1.807, 2.05) is 115 Å². The quantitative estimate of drug-likeness (QED) is 0.168. The lowest BCUT2D eigenvalue weighted by Gasteiger charge is -2.22. The Hall–Kier alpha value is -5.22. The molecular weight excluding hydrogens is 470 g/mol. The van der Waals surface area contributed by atoms with Crippen LogP contribution in [0.4, 0.5) is 16.2 Å². The summed E-state index contributed by atoms with van der Waals surface area (Å²) < 4.78 is 5.68. The van der Waals surface area contributed by atoms with Crippen LogP contribution in [0.25, 0.3) is 17.2 Å². The molecule has 4 heteroatoms. The minimum atomic E-state index is -0.514. The highest BCUT2D eigenvalue weighted by atomic mass is 16.6. The zero-order valence-corrected chi connectivity index (χ0v) is 20.6. The third-order valence-corrected chi connectivity index (χ3v) is 6.00. The first-order valence-corrected chi connectivity index (χ1v) is 12.3. The van der Waals surface area contributed by atoms with Crippen LogP contribution in [-0.2, 0) is 0 Å². The number of allylic oxidation sites excluding steroid dienone is 1. The Labute approximate surface area is 222 Å². The topological polar surface area (TPSA) is 46.6 Å². The van der Waals surface area contributed by atoms with Gasteiger partial charge in [0.1, 0.15) is 5.75 Å². The molecule has 0 aliphatic carbocycles. The molecule has 0 unspecified atom stereocenters. The van der Waals surface area contributed by atoms with Gasteiger partial charge in [0.15, 0.2) is 5.78 Å². The van der Waals surface area contributed by atoms with Gasteiger partial charge in [-0.15, -0.1) is 0 Å². The Morgan fingerprint density at radius 3 is 1.61 bits per heavy atom. The van der Waals surface area contributed by atoms with Crippen LogP contribution in [0, 0.1) is 0 Å². The first-order chi connectivity index (χ1) is 18.7. The van der Waals surface area contributed by atoms with Crippen LogP contribution in [0.5, 0.6) is 5.75 Å². The lowest BCUT2D eigenvalue weighted by Crippen LogP contribution is -2.29. The van der Waals surface area contributed by atoms with Gasteiger partial charge in [-0.05, 0) is 59.2 Å². The number of ether oxygens (including phenoxy) is 1. The molecule has 0 atom stereocenters. The zero-order chi connectivity index (χ0) is 26.2. The van der Waals surface area contributed by atoms with Crippen LogP contribution in [-0.4, -0.2) is 11.9 Å². The lowest BCUT2D eigenvalue weighted by atomic mass is 10.0. The average Bonchev–Trinajstić information content (AvgIpc) is 2.98. The summed E-state index contributed by atoms with van der Waals surface area (Å²) in [6, 6.07) is 43.4. The van der Waals surface area contributed by atoms with Crippen molar-refractivity contribution in [1.29, 1.82) is 0 Å². The highest BCUT2D eigenvalue weighted by molar-refractivity contribution is 6.07. The number of carbonyl (C=O) groups is 2. The maximum absolute atomic E-state index is 13.1. The summed E-state index contributed by atoms with van der Waals surface area (Å²) in [5.74, 6) is 0.327. The molecule has 184 valence electrons. The summed E-state index contributed by atoms with van der Waals surface area (Å²) in [6.45, 7) is 0. The van der Waals surface area contributed by atoms with Crippen molar-refractivity contribution < 1.29 is 14.3 Å². The summed E-state index contributed by atoms with van der Waals surface area (Å²) in [5, 5.41) is 0. The van der Waals surface area contributed by atoms with Gasteiger partial charge in [-0.1, -0.05) is 109 Å². The molecular formula is C34H25NO3. The van der Waals surface area contributed by atoms with Gasteiger partial charge >= 0.3 is 6.09 Å². The predicted octanol–water partition coefficient (Wildman–Crippen LogP) is 8.59. The number of para-hydroxylation sites is 2. The summed E-state index contributed by atoms with van der Waals surface area (Å²) in [5.41, 5.74) is 5.03. The molecule has 0 radical (unpaired) electrons. The average molecular weight is 496 g/mol. The molecule has 0 saturated heterocycles. The lowest BCUT2D eigenvalue weighted by molar-refractivity contribution is 0.104. The van der Waals surface area contributed by atoms with Gasteiger partial charge in [0.05, 0.1) is 11.4 Å². The number of benzene rings is 5. The van der Waals surface area contributed by atoms with Crippen LogP contribution in [0.15, 0.2) is 146 Å². The molecule has 0 bridgehead atoms. The molecule has 0 saturated carbocycles. The van der Waals surface area contributed by atoms with Gasteiger partial charge < -0.3 is 4.74 Å². The summed E-state index contributed by atoms with van der Waals surface area (Å²) >= 11 is 0. The third kappa shape index (κ3) is 5.94. The Kier molecular flexibility index (Phi) is 7.52. The Bertz CT molecular complexity index is 1490. The van der Waals surface area contributed by atoms with Crippen LogP contribution in [0.1, 0.15) is 15.9 Å². The monoisotopic (exact) mass is 495 g/mol. The molecule has 5 rings (SSSR count). The Morgan fingerprint density at radius 1 is 0.553 bits per heavy atom. The van der Waals surface area contributed by atoms with E-state index in [9.17, 15) is 9.59 Å². The fourth-order valence-electron chi connectivity index (χ4n) is 4.03. The number of amides is 1. The maximum Gasteiger partial charge on any atom is 0.424 e. The molecule has 0 aliphatic heterocycles. The van der Waals surface area contributed by atoms with E-state index in [1.165, 1.54) is 4.90 Å². The predicted molar refractivity (Wildman–Crippen MR) is 153 cm³/mol. The molecule has 5 aromatic carbocycles. The Morgan fingerprint density at radius 2 is 1.05 bits per heavy atom. The van der Waals surface area contributed by atoms with Gasteiger partial charge in [0.25, 0.3) is 0 Å². The van der Waals surface area contributed by atoms with Crippen molar-refractivity contribution in [2.24, 2.45) is 0 Å². The fraction of sp³-hybridized carbons (Fsp3) is 0. The van der Waals surface area contributed by atoms with E-state index in [4.69, 9.17) is 4.74 Å². The molecule has 0 spiro atoms. The van der Waals surface area contributed by atoms with Crippen molar-refractivity contribution in [3.63, 3.8) is 0 Å². The largest absolute Gasteiger partial charge is 0.424 e. The normalized spacial score (nSPS) is 10.7. The maximum atomic E-state index is 13.1. The van der Waals surface area contributed by atoms with E-state index < -0.39 is 6.09 Å². The van der Waals surface area contributed by atoms with Gasteiger partial charge in [0.2, 0.25) is 0 Å². The second-order valence-electron chi connectivity index (χ2n) is 8.58. The molecule has 1 amide bonds. The first-order valence-electron chi connectivity index (χ1n) is 12.3. The minimum Gasteiger partial charge on any atom is -0.410 e. The third-order valence-electron chi connectivity index (χ3n) is 6.00. The number of carbonyl (C=O) groups excluding carboxylic acids is 2. The van der Waals surface area contributed by atoms with Crippen LogP contribution >= 0.6 is 0 Å². The highest BCUT2D eigenvalue weighted by Crippen LogP contribution is 2.27. The van der Waals surface area contributed by atoms with E-state index >= 15 is 0 Å². The van der Waals surface area contributed by atoms with Gasteiger partial charge in [-0.25, -0.2) is 9.69 Å². The van der Waals surface area contributed by atoms with Crippen molar-refractivity contribution in [2.75, 3.05) is 4.90 Å². The molecule has 0 fully saturated rings. The van der Waals surface area contributed by atoms with E-state index in [2.05, 4.69) is 0 Å². The van der Waals surface area contributed by atoms with E-state index in [-0.39, 0.29) is 5.78 Å². The van der Waals surface area contributed by atoms with E-state index in [0.717, 1.165) is 16.7 Å². The smallest absolute Gasteiger partial charge is 0.410 e. The number of anilines is 2. The minimum absolute atomic E-state index is 0.0820. The summed E-state index contributed by atoms with van der Waals surface area (Å²) in [7, 11) is 0. The SMILES string of the molecule is O=C(/C=C/c1ccc(OC(=O)N(c2ccccc2)c2ccccc2)cc1)c1ccc(-c2ccccc2)cc1. The van der Waals surface area contributed by atoms with Gasteiger partial charge in [-0.2, -0.15) is 0 Å². The number of hydrogen-bond acceptors (Lipinski definition) is 3. The van der Waals surface area contributed by atoms with Crippen molar-refractivity contribution in [1.82, 2.24) is 0 Å². The second kappa shape index (κ2) is 11.7. The molecule has 38 heavy (non-hydrogen) atoms. The number of rotatable bonds is 7. The van der Waals surface area contributed by atoms with E-state index in [1.54, 1.807) is 36.4 Å². The van der Waals surface area contributed by atoms with Gasteiger partial charge in [-0.3, -0.25) is 4.79 Å². The van der Waals surface area contributed by atoms with Crippen LogP contribution < -0.4 is 9.64 Å². The molecule has 0 heterocycles. The van der Waals surface area contributed by atoms with Crippen molar-refractivity contribution in [3.05, 3.63) is 157 Å². The standard InChI is InChI=1S/C34H25NO3/c36-33(29-21-19-28(20-22-29)27-10-4-1-5-11-27)25-18-26-16-23-32(24-17-26)38-34(37)35(30-12-6-2-7-13-30)31-14-8-3-9-15-31/h1-25H/b25-18+. The number of hydrogen-bond donors (Lipinski definition) is 0. The molecule has 4 nitrogen and oxygen atoms in total. The van der Waals surface area contributed by atoms with E-state index in [0.29, 0.717) is 22.7 Å².